The lowest BCUT2D eigenvalue weighted by Gasteiger charge is -2.24. The number of nitrogens with zero attached hydrogens (tertiary/aromatic N) is 2. The Labute approximate surface area is 139 Å². The molecule has 0 amide bonds. The normalized spacial score (nSPS) is 21.7. The Morgan fingerprint density at radius 1 is 1.25 bits per heavy atom. The third-order valence-corrected chi connectivity index (χ3v) is 4.08. The number of para-hydroxylation sites is 1. The smallest absolute Gasteiger partial charge is 0.164 e. The van der Waals surface area contributed by atoms with E-state index in [1.807, 2.05) is 13.0 Å². The minimum absolute atomic E-state index is 0.385. The standard InChI is InChI=1S/C18H21F4N2/c1-4-5-6-9-13(2)14-10-7-8-11-15(14)24(3)17(19)12-16(23-24)18(20,21)22/h7-12H,4-6H2,1-3H3/q+1. The van der Waals surface area contributed by atoms with Crippen LogP contribution < -0.4 is 4.59 Å². The Balaban J connectivity index is 2.49. The highest BCUT2D eigenvalue weighted by molar-refractivity contribution is 6.02. The van der Waals surface area contributed by atoms with Gasteiger partial charge in [0.1, 0.15) is 7.05 Å². The molecule has 2 nitrogen and oxygen atoms in total. The van der Waals surface area contributed by atoms with E-state index in [0.717, 1.165) is 24.8 Å². The molecule has 0 saturated heterocycles. The van der Waals surface area contributed by atoms with Gasteiger partial charge in [-0.2, -0.15) is 13.2 Å². The van der Waals surface area contributed by atoms with Crippen LogP contribution in [-0.2, 0) is 0 Å². The molecular weight excluding hydrogens is 320 g/mol. The van der Waals surface area contributed by atoms with Gasteiger partial charge in [0.25, 0.3) is 0 Å². The highest BCUT2D eigenvalue weighted by atomic mass is 19.4. The zero-order valence-electron chi connectivity index (χ0n) is 14.0. The predicted molar refractivity (Wildman–Crippen MR) is 90.0 cm³/mol. The molecule has 1 heterocycles. The number of rotatable bonds is 5. The summed E-state index contributed by atoms with van der Waals surface area (Å²) in [6, 6.07) is 6.86. The van der Waals surface area contributed by atoms with Crippen molar-refractivity contribution >= 4 is 17.0 Å². The second-order valence-electron chi connectivity index (χ2n) is 5.96. The Bertz CT molecular complexity index is 701. The molecule has 1 atom stereocenters. The lowest BCUT2D eigenvalue weighted by molar-refractivity contribution is -0.0581. The number of quaternary nitrogens is 1. The van der Waals surface area contributed by atoms with E-state index >= 15 is 0 Å². The zero-order valence-corrected chi connectivity index (χ0v) is 14.0. The van der Waals surface area contributed by atoms with Gasteiger partial charge >= 0.3 is 12.1 Å². The molecule has 0 radical (unpaired) electrons. The molecule has 1 aliphatic rings. The maximum Gasteiger partial charge on any atom is 0.438 e. The van der Waals surface area contributed by atoms with Crippen molar-refractivity contribution in [2.45, 2.75) is 39.3 Å². The van der Waals surface area contributed by atoms with Gasteiger partial charge in [0.2, 0.25) is 5.71 Å². The first-order valence-electron chi connectivity index (χ1n) is 7.88. The summed E-state index contributed by atoms with van der Waals surface area (Å²) in [7, 11) is 1.32. The Kier molecular flexibility index (Phi) is 5.28. The van der Waals surface area contributed by atoms with E-state index in [0.29, 0.717) is 17.3 Å². The van der Waals surface area contributed by atoms with Crippen molar-refractivity contribution in [3.05, 3.63) is 47.9 Å². The first kappa shape index (κ1) is 18.4. The van der Waals surface area contributed by atoms with Gasteiger partial charge in [-0.3, -0.25) is 0 Å². The molecule has 0 aliphatic carbocycles. The van der Waals surface area contributed by atoms with E-state index in [4.69, 9.17) is 0 Å². The number of benzene rings is 1. The number of unbranched alkanes of at least 4 members (excludes halogenated alkanes) is 2. The highest BCUT2D eigenvalue weighted by Crippen LogP contribution is 2.39. The van der Waals surface area contributed by atoms with E-state index in [9.17, 15) is 17.6 Å². The third-order valence-electron chi connectivity index (χ3n) is 4.08. The van der Waals surface area contributed by atoms with Gasteiger partial charge < -0.3 is 0 Å². The van der Waals surface area contributed by atoms with Crippen LogP contribution in [0.15, 0.2) is 47.5 Å². The van der Waals surface area contributed by atoms with Gasteiger partial charge in [0, 0.05) is 11.6 Å². The molecule has 2 rings (SSSR count). The second kappa shape index (κ2) is 6.89. The fourth-order valence-electron chi connectivity index (χ4n) is 2.66. The maximum atomic E-state index is 14.4. The van der Waals surface area contributed by atoms with Crippen LogP contribution in [0.2, 0.25) is 0 Å². The minimum Gasteiger partial charge on any atom is -0.164 e. The van der Waals surface area contributed by atoms with Crippen LogP contribution in [0.1, 0.15) is 38.7 Å². The summed E-state index contributed by atoms with van der Waals surface area (Å²) in [6.45, 7) is 3.97. The first-order valence-corrected chi connectivity index (χ1v) is 7.88. The van der Waals surface area contributed by atoms with E-state index in [1.54, 1.807) is 24.3 Å². The summed E-state index contributed by atoms with van der Waals surface area (Å²) in [5.74, 6) is -0.948. The maximum absolute atomic E-state index is 14.4. The van der Waals surface area contributed by atoms with Gasteiger partial charge in [0.15, 0.2) is 5.69 Å². The van der Waals surface area contributed by atoms with Crippen molar-refractivity contribution in [3.8, 4) is 0 Å². The zero-order chi connectivity index (χ0) is 18.0. The van der Waals surface area contributed by atoms with Crippen LogP contribution in [0.3, 0.4) is 0 Å². The van der Waals surface area contributed by atoms with E-state index < -0.39 is 22.4 Å². The van der Waals surface area contributed by atoms with E-state index in [-0.39, 0.29) is 0 Å². The summed E-state index contributed by atoms with van der Waals surface area (Å²) >= 11 is 0. The lowest BCUT2D eigenvalue weighted by atomic mass is 10.0. The first-order chi connectivity index (χ1) is 11.2. The molecule has 6 heteroatoms. The van der Waals surface area contributed by atoms with Gasteiger partial charge in [-0.25, -0.2) is 0 Å². The van der Waals surface area contributed by atoms with Crippen molar-refractivity contribution in [2.24, 2.45) is 5.10 Å². The number of halogens is 4. The quantitative estimate of drug-likeness (QED) is 0.271. The van der Waals surface area contributed by atoms with Crippen LogP contribution >= 0.6 is 0 Å². The molecule has 0 fully saturated rings. The fourth-order valence-corrected chi connectivity index (χ4v) is 2.66. The van der Waals surface area contributed by atoms with E-state index in [1.165, 1.54) is 7.05 Å². The number of hydrogen-bond donors (Lipinski definition) is 0. The molecule has 0 N–H and O–H groups in total. The van der Waals surface area contributed by atoms with Crippen molar-refractivity contribution in [2.75, 3.05) is 7.05 Å². The van der Waals surface area contributed by atoms with Gasteiger partial charge in [-0.05, 0) is 25.0 Å². The van der Waals surface area contributed by atoms with Gasteiger partial charge in [-0.1, -0.05) is 43.1 Å². The third kappa shape index (κ3) is 3.59. The van der Waals surface area contributed by atoms with Crippen molar-refractivity contribution in [1.29, 1.82) is 0 Å². The Morgan fingerprint density at radius 2 is 1.92 bits per heavy atom. The highest BCUT2D eigenvalue weighted by Gasteiger charge is 2.48. The molecule has 130 valence electrons. The molecule has 0 saturated carbocycles. The molecule has 1 aliphatic heterocycles. The van der Waals surface area contributed by atoms with Crippen LogP contribution in [0.5, 0.6) is 0 Å². The van der Waals surface area contributed by atoms with Gasteiger partial charge in [0.05, 0.1) is 6.08 Å². The molecular formula is C18H21F4N2+. The lowest BCUT2D eigenvalue weighted by Crippen LogP contribution is -2.36. The summed E-state index contributed by atoms with van der Waals surface area (Å²) in [5.41, 5.74) is 0.786. The van der Waals surface area contributed by atoms with Crippen LogP contribution in [-0.4, -0.2) is 18.9 Å². The topological polar surface area (TPSA) is 12.4 Å². The number of hydrogen-bond acceptors (Lipinski definition) is 1. The molecule has 24 heavy (non-hydrogen) atoms. The summed E-state index contributed by atoms with van der Waals surface area (Å²) < 4.78 is 52.2. The minimum atomic E-state index is -4.67. The summed E-state index contributed by atoms with van der Waals surface area (Å²) in [4.78, 5) is 0. The van der Waals surface area contributed by atoms with Gasteiger partial charge in [-0.15, -0.1) is 8.98 Å². The number of allylic oxidation sites excluding steroid dienone is 3. The summed E-state index contributed by atoms with van der Waals surface area (Å²) in [6.07, 6.45) is 0.767. The average molecular weight is 341 g/mol. The number of alkyl halides is 3. The second-order valence-corrected chi connectivity index (χ2v) is 5.96. The molecule has 0 aromatic heterocycles. The van der Waals surface area contributed by atoms with Crippen LogP contribution in [0.25, 0.3) is 5.57 Å². The Hall–Kier alpha value is -1.95. The van der Waals surface area contributed by atoms with E-state index in [2.05, 4.69) is 12.0 Å². The SMILES string of the molecule is CCCCC=C(C)c1ccccc1[N+]1(C)N=C(C(F)(F)F)C=C1F. The average Bonchev–Trinajstić information content (AvgIpc) is 2.84. The molecule has 0 bridgehead atoms. The fraction of sp³-hybridized carbons (Fsp3) is 0.389. The van der Waals surface area contributed by atoms with Crippen molar-refractivity contribution < 1.29 is 17.6 Å². The van der Waals surface area contributed by atoms with Crippen LogP contribution in [0, 0.1) is 0 Å². The van der Waals surface area contributed by atoms with Crippen molar-refractivity contribution in [3.63, 3.8) is 0 Å². The molecule has 0 spiro atoms. The Morgan fingerprint density at radius 3 is 2.50 bits per heavy atom. The van der Waals surface area contributed by atoms with Crippen LogP contribution in [0.4, 0.5) is 23.2 Å². The summed E-state index contributed by atoms with van der Waals surface area (Å²) in [5, 5.41) is 3.62. The predicted octanol–water partition coefficient (Wildman–Crippen LogP) is 5.96. The monoisotopic (exact) mass is 341 g/mol. The van der Waals surface area contributed by atoms with Crippen molar-refractivity contribution in [1.82, 2.24) is 4.59 Å². The molecule has 1 aromatic carbocycles. The largest absolute Gasteiger partial charge is 0.438 e. The molecule has 1 aromatic rings. The molecule has 1 unspecified atom stereocenters.